The third kappa shape index (κ3) is 4.29. The zero-order valence-electron chi connectivity index (χ0n) is 14.7. The lowest BCUT2D eigenvalue weighted by molar-refractivity contribution is -0.136. The minimum absolute atomic E-state index is 0.0276. The van der Waals surface area contributed by atoms with Crippen molar-refractivity contribution in [2.24, 2.45) is 7.05 Å². The summed E-state index contributed by atoms with van der Waals surface area (Å²) in [6.45, 7) is -0.452. The highest BCUT2D eigenvalue weighted by Gasteiger charge is 2.34. The molecule has 0 atom stereocenters. The van der Waals surface area contributed by atoms with Crippen LogP contribution in [0, 0.1) is 5.82 Å². The highest BCUT2D eigenvalue weighted by molar-refractivity contribution is 7.89. The fraction of sp³-hybridized carbons (Fsp3) is 0.167. The zero-order chi connectivity index (χ0) is 21.6. The summed E-state index contributed by atoms with van der Waals surface area (Å²) in [6.07, 6.45) is -4.86. The van der Waals surface area contributed by atoms with Gasteiger partial charge in [0.15, 0.2) is 0 Å². The van der Waals surface area contributed by atoms with Crippen LogP contribution >= 0.6 is 11.6 Å². The van der Waals surface area contributed by atoms with Gasteiger partial charge in [-0.25, -0.2) is 17.5 Å². The van der Waals surface area contributed by atoms with Gasteiger partial charge in [-0.2, -0.15) is 13.2 Å². The standard InChI is InChI=1S/C18H13ClF4N2O3S/c1-25-16-5-3-12(7-13(16)14(8-17(25)26)18(21,22)23)29(27,28)24-9-10-6-11(19)2-4-15(10)20/h2-8,24H,9H2,1H3. The molecule has 1 heterocycles. The van der Waals surface area contributed by atoms with Gasteiger partial charge in [-0.3, -0.25) is 4.79 Å². The van der Waals surface area contributed by atoms with E-state index in [2.05, 4.69) is 4.72 Å². The molecule has 0 unspecified atom stereocenters. The molecule has 0 amide bonds. The van der Waals surface area contributed by atoms with E-state index in [0.717, 1.165) is 28.8 Å². The second-order valence-electron chi connectivity index (χ2n) is 6.19. The van der Waals surface area contributed by atoms with Gasteiger partial charge in [0.25, 0.3) is 5.56 Å². The number of rotatable bonds is 4. The maximum absolute atomic E-state index is 13.8. The van der Waals surface area contributed by atoms with Crippen LogP contribution in [0.5, 0.6) is 0 Å². The Kier molecular flexibility index (Phi) is 5.46. The van der Waals surface area contributed by atoms with Gasteiger partial charge in [0, 0.05) is 35.6 Å². The van der Waals surface area contributed by atoms with Crippen molar-refractivity contribution in [3.8, 4) is 0 Å². The summed E-state index contributed by atoms with van der Waals surface area (Å²) in [6, 6.07) is 7.01. The minimum atomic E-state index is -4.86. The number of hydrogen-bond donors (Lipinski definition) is 1. The van der Waals surface area contributed by atoms with Crippen molar-refractivity contribution in [2.45, 2.75) is 17.6 Å². The van der Waals surface area contributed by atoms with Crippen molar-refractivity contribution in [3.05, 3.63) is 74.8 Å². The van der Waals surface area contributed by atoms with Crippen LogP contribution in [0.2, 0.25) is 5.02 Å². The molecular formula is C18H13ClF4N2O3S. The Labute approximate surface area is 167 Å². The second-order valence-corrected chi connectivity index (χ2v) is 8.40. The molecule has 0 radical (unpaired) electrons. The number of hydrogen-bond acceptors (Lipinski definition) is 3. The van der Waals surface area contributed by atoms with Crippen LogP contribution in [0.25, 0.3) is 10.9 Å². The summed E-state index contributed by atoms with van der Waals surface area (Å²) in [5, 5.41) is -0.251. The Morgan fingerprint density at radius 1 is 1.10 bits per heavy atom. The first kappa shape index (κ1) is 21.3. The molecule has 1 aromatic heterocycles. The van der Waals surface area contributed by atoms with Crippen LogP contribution in [-0.4, -0.2) is 13.0 Å². The summed E-state index contributed by atoms with van der Waals surface area (Å²) in [5.41, 5.74) is -2.23. The van der Waals surface area contributed by atoms with Gasteiger partial charge < -0.3 is 4.57 Å². The number of pyridine rings is 1. The Morgan fingerprint density at radius 3 is 2.45 bits per heavy atom. The predicted octanol–water partition coefficient (Wildman–Crippen LogP) is 3.83. The summed E-state index contributed by atoms with van der Waals surface area (Å²) < 4.78 is 82.0. The second kappa shape index (κ2) is 7.43. The van der Waals surface area contributed by atoms with Gasteiger partial charge in [0.05, 0.1) is 16.0 Å². The molecule has 0 aliphatic heterocycles. The fourth-order valence-electron chi connectivity index (χ4n) is 2.78. The van der Waals surface area contributed by atoms with E-state index in [1.165, 1.54) is 19.2 Å². The molecule has 0 aliphatic rings. The maximum atomic E-state index is 13.8. The van der Waals surface area contributed by atoms with Gasteiger partial charge in [0.2, 0.25) is 10.0 Å². The molecule has 2 aromatic carbocycles. The van der Waals surface area contributed by atoms with Crippen molar-refractivity contribution in [3.63, 3.8) is 0 Å². The molecule has 3 aromatic rings. The molecule has 0 saturated carbocycles. The van der Waals surface area contributed by atoms with E-state index in [0.29, 0.717) is 6.07 Å². The Balaban J connectivity index is 2.06. The summed E-state index contributed by atoms with van der Waals surface area (Å²) in [7, 11) is -3.00. The number of alkyl halides is 3. The van der Waals surface area contributed by atoms with E-state index in [1.54, 1.807) is 0 Å². The molecule has 3 rings (SSSR count). The molecule has 0 saturated heterocycles. The lowest BCUT2D eigenvalue weighted by Gasteiger charge is -2.14. The molecule has 154 valence electrons. The van der Waals surface area contributed by atoms with Crippen molar-refractivity contribution >= 4 is 32.5 Å². The van der Waals surface area contributed by atoms with E-state index in [4.69, 9.17) is 11.6 Å². The van der Waals surface area contributed by atoms with Crippen molar-refractivity contribution in [1.29, 1.82) is 0 Å². The highest BCUT2D eigenvalue weighted by Crippen LogP contribution is 2.34. The van der Waals surface area contributed by atoms with Crippen LogP contribution in [0.4, 0.5) is 17.6 Å². The van der Waals surface area contributed by atoms with Gasteiger partial charge in [-0.05, 0) is 36.4 Å². The van der Waals surface area contributed by atoms with Crippen LogP contribution in [0.1, 0.15) is 11.1 Å². The first-order valence-corrected chi connectivity index (χ1v) is 9.91. The van der Waals surface area contributed by atoms with Gasteiger partial charge in [-0.15, -0.1) is 0 Å². The van der Waals surface area contributed by atoms with E-state index in [9.17, 15) is 30.8 Å². The van der Waals surface area contributed by atoms with Crippen molar-refractivity contribution in [1.82, 2.24) is 9.29 Å². The topological polar surface area (TPSA) is 68.2 Å². The van der Waals surface area contributed by atoms with Gasteiger partial charge in [0.1, 0.15) is 5.82 Å². The van der Waals surface area contributed by atoms with Crippen molar-refractivity contribution in [2.75, 3.05) is 0 Å². The predicted molar refractivity (Wildman–Crippen MR) is 99.6 cm³/mol. The molecule has 5 nitrogen and oxygen atoms in total. The number of aryl methyl sites for hydroxylation is 1. The monoisotopic (exact) mass is 448 g/mol. The number of sulfonamides is 1. The average Bonchev–Trinajstić information content (AvgIpc) is 2.64. The Bertz CT molecular complexity index is 1270. The quantitative estimate of drug-likeness (QED) is 0.617. The molecule has 11 heteroatoms. The first-order chi connectivity index (χ1) is 13.4. The van der Waals surface area contributed by atoms with E-state index < -0.39 is 50.0 Å². The molecule has 0 spiro atoms. The smallest absolute Gasteiger partial charge is 0.311 e. The summed E-state index contributed by atoms with van der Waals surface area (Å²) in [4.78, 5) is 11.3. The van der Waals surface area contributed by atoms with E-state index in [-0.39, 0.29) is 16.1 Å². The fourth-order valence-corrected chi connectivity index (χ4v) is 4.00. The summed E-state index contributed by atoms with van der Waals surface area (Å²) in [5.74, 6) is -0.690. The molecule has 29 heavy (non-hydrogen) atoms. The molecule has 1 N–H and O–H groups in total. The number of halogens is 5. The van der Waals surface area contributed by atoms with Crippen LogP contribution in [0.3, 0.4) is 0 Å². The number of fused-ring (bicyclic) bond motifs is 1. The van der Waals surface area contributed by atoms with Crippen LogP contribution in [-0.2, 0) is 29.8 Å². The number of nitrogens with zero attached hydrogens (tertiary/aromatic N) is 1. The maximum Gasteiger partial charge on any atom is 0.417 e. The van der Waals surface area contributed by atoms with E-state index >= 15 is 0 Å². The average molecular weight is 449 g/mol. The zero-order valence-corrected chi connectivity index (χ0v) is 16.3. The number of nitrogens with one attached hydrogen (secondary N) is 1. The lowest BCUT2D eigenvalue weighted by Crippen LogP contribution is -2.24. The Morgan fingerprint density at radius 2 is 1.79 bits per heavy atom. The van der Waals surface area contributed by atoms with Crippen LogP contribution < -0.4 is 10.3 Å². The van der Waals surface area contributed by atoms with Gasteiger partial charge >= 0.3 is 6.18 Å². The van der Waals surface area contributed by atoms with Crippen LogP contribution in [0.15, 0.2) is 52.2 Å². The number of benzene rings is 2. The molecule has 0 aliphatic carbocycles. The first-order valence-electron chi connectivity index (χ1n) is 8.05. The van der Waals surface area contributed by atoms with Crippen molar-refractivity contribution < 1.29 is 26.0 Å². The van der Waals surface area contributed by atoms with Gasteiger partial charge in [-0.1, -0.05) is 11.6 Å². The summed E-state index contributed by atoms with van der Waals surface area (Å²) >= 11 is 5.76. The minimum Gasteiger partial charge on any atom is -0.311 e. The normalized spacial score (nSPS) is 12.5. The lowest BCUT2D eigenvalue weighted by atomic mass is 10.1. The van der Waals surface area contributed by atoms with E-state index in [1.807, 2.05) is 0 Å². The number of aromatic nitrogens is 1. The highest BCUT2D eigenvalue weighted by atomic mass is 35.5. The molecular weight excluding hydrogens is 436 g/mol. The SMILES string of the molecule is Cn1c(=O)cc(C(F)(F)F)c2cc(S(=O)(=O)NCc3cc(Cl)ccc3F)ccc21. The molecule has 0 bridgehead atoms. The molecule has 0 fully saturated rings. The largest absolute Gasteiger partial charge is 0.417 e. The third-order valence-electron chi connectivity index (χ3n) is 4.29. The Hall–Kier alpha value is -2.43. The third-order valence-corrected chi connectivity index (χ3v) is 5.93.